The van der Waals surface area contributed by atoms with Crippen molar-refractivity contribution in [1.29, 1.82) is 0 Å². The molecule has 2 heterocycles. The van der Waals surface area contributed by atoms with E-state index < -0.39 is 0 Å². The lowest BCUT2D eigenvalue weighted by molar-refractivity contribution is -0.0958. The third-order valence-corrected chi connectivity index (χ3v) is 6.82. The molecule has 2 aromatic rings. The van der Waals surface area contributed by atoms with E-state index in [1.165, 1.54) is 30.6 Å². The fraction of sp³-hybridized carbons (Fsp3) is 0.625. The van der Waals surface area contributed by atoms with Gasteiger partial charge in [0.05, 0.1) is 12.2 Å². The van der Waals surface area contributed by atoms with E-state index in [2.05, 4.69) is 112 Å². The summed E-state index contributed by atoms with van der Waals surface area (Å²) < 4.78 is 5.74. The average Bonchev–Trinajstić information content (AvgIpc) is 3.26. The number of morpholine rings is 1. The van der Waals surface area contributed by atoms with Crippen molar-refractivity contribution < 1.29 is 4.74 Å². The van der Waals surface area contributed by atoms with E-state index in [-0.39, 0.29) is 5.60 Å². The lowest BCUT2D eigenvalue weighted by atomic mass is 9.93. The molecule has 0 bridgehead atoms. The SMILES string of the molecule is CC.CC.CC(c1ccccc1)N1CCC(C)(C)C1.CC(c1ccccc1)N1CCOC(C)(C)C1. The van der Waals surface area contributed by atoms with Crippen LogP contribution in [0.2, 0.25) is 0 Å². The maximum Gasteiger partial charge on any atom is 0.0753 e. The highest BCUT2D eigenvalue weighted by molar-refractivity contribution is 5.19. The first-order valence-corrected chi connectivity index (χ1v) is 13.9. The maximum atomic E-state index is 5.74. The summed E-state index contributed by atoms with van der Waals surface area (Å²) in [5.41, 5.74) is 3.32. The minimum atomic E-state index is -0.0126. The summed E-state index contributed by atoms with van der Waals surface area (Å²) >= 11 is 0. The zero-order valence-electron chi connectivity index (χ0n) is 24.5. The number of ether oxygens (including phenoxy) is 1. The smallest absolute Gasteiger partial charge is 0.0753 e. The summed E-state index contributed by atoms with van der Waals surface area (Å²) in [6.07, 6.45) is 1.32. The lowest BCUT2D eigenvalue weighted by Gasteiger charge is -2.41. The number of rotatable bonds is 4. The molecule has 0 saturated carbocycles. The third-order valence-electron chi connectivity index (χ3n) is 6.82. The van der Waals surface area contributed by atoms with Gasteiger partial charge >= 0.3 is 0 Å². The zero-order chi connectivity index (χ0) is 26.5. The molecule has 4 rings (SSSR count). The van der Waals surface area contributed by atoms with Crippen molar-refractivity contribution in [1.82, 2.24) is 9.80 Å². The van der Waals surface area contributed by atoms with Gasteiger partial charge in [0.2, 0.25) is 0 Å². The Kier molecular flexibility index (Phi) is 13.8. The van der Waals surface area contributed by atoms with E-state index in [9.17, 15) is 0 Å². The molecule has 2 aliphatic heterocycles. The Morgan fingerprint density at radius 1 is 0.657 bits per heavy atom. The normalized spacial score (nSPS) is 20.6. The first-order chi connectivity index (χ1) is 16.7. The predicted octanol–water partition coefficient (Wildman–Crippen LogP) is 8.39. The fourth-order valence-corrected chi connectivity index (χ4v) is 4.75. The molecule has 0 amide bonds. The van der Waals surface area contributed by atoms with Gasteiger partial charge in [0, 0.05) is 31.7 Å². The highest BCUT2D eigenvalue weighted by Crippen LogP contribution is 2.34. The molecule has 3 nitrogen and oxygen atoms in total. The molecule has 0 aliphatic carbocycles. The second-order valence-corrected chi connectivity index (χ2v) is 10.6. The van der Waals surface area contributed by atoms with Crippen molar-refractivity contribution in [3.05, 3.63) is 71.8 Å². The Bertz CT molecular complexity index is 788. The highest BCUT2D eigenvalue weighted by Gasteiger charge is 2.32. The van der Waals surface area contributed by atoms with E-state index in [1.807, 2.05) is 27.7 Å². The molecule has 2 aromatic carbocycles. The van der Waals surface area contributed by atoms with Crippen LogP contribution >= 0.6 is 0 Å². The van der Waals surface area contributed by atoms with E-state index in [0.29, 0.717) is 17.5 Å². The monoisotopic (exact) mass is 482 g/mol. The summed E-state index contributed by atoms with van der Waals surface area (Å²) in [4.78, 5) is 5.09. The second-order valence-electron chi connectivity index (χ2n) is 10.6. The Morgan fingerprint density at radius 3 is 1.46 bits per heavy atom. The topological polar surface area (TPSA) is 15.7 Å². The molecule has 2 aliphatic rings. The molecule has 2 atom stereocenters. The number of likely N-dealkylation sites (tertiary alicyclic amines) is 1. The summed E-state index contributed by atoms with van der Waals surface area (Å²) in [5.74, 6) is 0. The summed E-state index contributed by atoms with van der Waals surface area (Å²) in [5, 5.41) is 0. The van der Waals surface area contributed by atoms with Crippen LogP contribution in [0.25, 0.3) is 0 Å². The van der Waals surface area contributed by atoms with Crippen LogP contribution in [-0.4, -0.2) is 48.2 Å². The van der Waals surface area contributed by atoms with E-state index in [4.69, 9.17) is 4.74 Å². The van der Waals surface area contributed by atoms with Crippen molar-refractivity contribution >= 4 is 0 Å². The largest absolute Gasteiger partial charge is 0.373 e. The second kappa shape index (κ2) is 15.4. The van der Waals surface area contributed by atoms with Crippen LogP contribution in [-0.2, 0) is 4.74 Å². The third kappa shape index (κ3) is 10.5. The molecule has 2 unspecified atom stereocenters. The molecule has 2 fully saturated rings. The molecule has 198 valence electrons. The van der Waals surface area contributed by atoms with Crippen molar-refractivity contribution in [3.8, 4) is 0 Å². The number of benzene rings is 2. The van der Waals surface area contributed by atoms with Gasteiger partial charge in [-0.15, -0.1) is 0 Å². The van der Waals surface area contributed by atoms with Crippen LogP contribution in [0.15, 0.2) is 60.7 Å². The van der Waals surface area contributed by atoms with Crippen LogP contribution in [0.5, 0.6) is 0 Å². The minimum Gasteiger partial charge on any atom is -0.373 e. The lowest BCUT2D eigenvalue weighted by Crippen LogP contribution is -2.48. The van der Waals surface area contributed by atoms with Gasteiger partial charge in [-0.1, -0.05) is 102 Å². The Balaban J connectivity index is 0.000000307. The first kappa shape index (κ1) is 31.4. The molecule has 0 aromatic heterocycles. The molecule has 0 N–H and O–H groups in total. The standard InChI is InChI=1S/C14H21NO.C14H21N.2C2H6/c1-12(13-7-5-4-6-8-13)15-9-10-16-14(2,3)11-15;1-12(13-7-5-4-6-8-13)15-10-9-14(2,3)11-15;2*1-2/h4-8,12H,9-11H2,1-3H3;4-8,12H,9-11H2,1-3H3;2*1-2H3. The van der Waals surface area contributed by atoms with Gasteiger partial charge in [-0.25, -0.2) is 0 Å². The van der Waals surface area contributed by atoms with Gasteiger partial charge in [-0.2, -0.15) is 0 Å². The van der Waals surface area contributed by atoms with Crippen LogP contribution in [0, 0.1) is 5.41 Å². The van der Waals surface area contributed by atoms with Gasteiger partial charge in [0.15, 0.2) is 0 Å². The van der Waals surface area contributed by atoms with E-state index >= 15 is 0 Å². The quantitative estimate of drug-likeness (QED) is 0.435. The molecule has 3 heteroatoms. The summed E-state index contributed by atoms with van der Waals surface area (Å²) in [7, 11) is 0. The highest BCUT2D eigenvalue weighted by atomic mass is 16.5. The first-order valence-electron chi connectivity index (χ1n) is 13.9. The van der Waals surface area contributed by atoms with Crippen LogP contribution in [0.4, 0.5) is 0 Å². The van der Waals surface area contributed by atoms with Crippen LogP contribution in [0.3, 0.4) is 0 Å². The molecule has 35 heavy (non-hydrogen) atoms. The molecular formula is C32H54N2O. The van der Waals surface area contributed by atoms with Gasteiger partial charge in [0.1, 0.15) is 0 Å². The molecular weight excluding hydrogens is 428 g/mol. The van der Waals surface area contributed by atoms with Gasteiger partial charge in [-0.05, 0) is 57.2 Å². The zero-order valence-corrected chi connectivity index (χ0v) is 24.5. The molecule has 2 saturated heterocycles. The van der Waals surface area contributed by atoms with Gasteiger partial charge in [0.25, 0.3) is 0 Å². The van der Waals surface area contributed by atoms with Crippen molar-refractivity contribution in [2.45, 2.75) is 93.3 Å². The number of hydrogen-bond acceptors (Lipinski definition) is 3. The maximum absolute atomic E-state index is 5.74. The number of hydrogen-bond donors (Lipinski definition) is 0. The predicted molar refractivity (Wildman–Crippen MR) is 154 cm³/mol. The molecule has 0 radical (unpaired) electrons. The van der Waals surface area contributed by atoms with Gasteiger partial charge < -0.3 is 4.74 Å². The molecule has 0 spiro atoms. The van der Waals surface area contributed by atoms with Crippen LogP contribution < -0.4 is 0 Å². The Hall–Kier alpha value is -1.68. The van der Waals surface area contributed by atoms with Crippen LogP contribution in [0.1, 0.15) is 98.9 Å². The van der Waals surface area contributed by atoms with Crippen molar-refractivity contribution in [2.24, 2.45) is 5.41 Å². The number of nitrogens with zero attached hydrogens (tertiary/aromatic N) is 2. The Labute approximate surface area is 217 Å². The minimum absolute atomic E-state index is 0.0126. The fourth-order valence-electron chi connectivity index (χ4n) is 4.75. The average molecular weight is 483 g/mol. The van der Waals surface area contributed by atoms with Crippen molar-refractivity contribution in [3.63, 3.8) is 0 Å². The summed E-state index contributed by atoms with van der Waals surface area (Å²) in [6, 6.07) is 22.5. The van der Waals surface area contributed by atoms with Gasteiger partial charge in [-0.3, -0.25) is 9.80 Å². The van der Waals surface area contributed by atoms with E-state index in [0.717, 1.165) is 19.7 Å². The Morgan fingerprint density at radius 2 is 1.09 bits per heavy atom. The van der Waals surface area contributed by atoms with E-state index in [1.54, 1.807) is 0 Å². The summed E-state index contributed by atoms with van der Waals surface area (Å²) in [6.45, 7) is 27.0. The van der Waals surface area contributed by atoms with Crippen molar-refractivity contribution in [2.75, 3.05) is 32.8 Å².